The van der Waals surface area contributed by atoms with Gasteiger partial charge in [0, 0.05) is 17.4 Å². The number of aryl methyl sites for hydroxylation is 1. The van der Waals surface area contributed by atoms with Crippen LogP contribution in [0.1, 0.15) is 39.7 Å². The van der Waals surface area contributed by atoms with Crippen LogP contribution in [0.25, 0.3) is 0 Å². The summed E-state index contributed by atoms with van der Waals surface area (Å²) < 4.78 is 17.0. The fraction of sp³-hybridized carbons (Fsp3) is 0.500. The first-order chi connectivity index (χ1) is 13.6. The first-order valence-electron chi connectivity index (χ1n) is 9.17. The minimum atomic E-state index is -0.965. The van der Waals surface area contributed by atoms with Crippen LogP contribution in [0.2, 0.25) is 5.02 Å². The van der Waals surface area contributed by atoms with Gasteiger partial charge in [-0.2, -0.15) is 5.10 Å². The lowest BCUT2D eigenvalue weighted by molar-refractivity contribution is -0.156. The standard InChI is InChI=1S/C20H26ClN3O5/c1-15(25)27-14-28-18(26)29-20(19(2,3)4,11-24-13-22-12-23-24)10-9-16-5-7-17(21)8-6-16/h5-8,12-13H,9-11,14H2,1-4H3. The topological polar surface area (TPSA) is 92.5 Å². The van der Waals surface area contributed by atoms with Gasteiger partial charge in [-0.15, -0.1) is 0 Å². The first kappa shape index (κ1) is 22.7. The van der Waals surface area contributed by atoms with Gasteiger partial charge in [-0.05, 0) is 30.5 Å². The smallest absolute Gasteiger partial charge is 0.428 e. The summed E-state index contributed by atoms with van der Waals surface area (Å²) in [6.45, 7) is 6.94. The summed E-state index contributed by atoms with van der Waals surface area (Å²) in [7, 11) is 0. The Bertz CT molecular complexity index is 803. The van der Waals surface area contributed by atoms with E-state index in [2.05, 4.69) is 14.8 Å². The molecule has 0 N–H and O–H groups in total. The number of rotatable bonds is 8. The second kappa shape index (κ2) is 9.73. The molecular weight excluding hydrogens is 398 g/mol. The Hall–Kier alpha value is -2.61. The van der Waals surface area contributed by atoms with Gasteiger partial charge in [0.25, 0.3) is 0 Å². The molecule has 0 amide bonds. The third kappa shape index (κ3) is 6.74. The van der Waals surface area contributed by atoms with Crippen molar-refractivity contribution in [2.45, 2.75) is 52.7 Å². The summed E-state index contributed by atoms with van der Waals surface area (Å²) in [5, 5.41) is 4.82. The van der Waals surface area contributed by atoms with Crippen LogP contribution in [0.3, 0.4) is 0 Å². The maximum absolute atomic E-state index is 12.4. The number of nitrogens with zero attached hydrogens (tertiary/aromatic N) is 3. The van der Waals surface area contributed by atoms with Crippen LogP contribution in [0.5, 0.6) is 0 Å². The van der Waals surface area contributed by atoms with Crippen molar-refractivity contribution in [3.63, 3.8) is 0 Å². The van der Waals surface area contributed by atoms with E-state index in [-0.39, 0.29) is 6.54 Å². The van der Waals surface area contributed by atoms with E-state index in [1.807, 2.05) is 45.0 Å². The highest BCUT2D eigenvalue weighted by atomic mass is 35.5. The Morgan fingerprint density at radius 3 is 2.38 bits per heavy atom. The van der Waals surface area contributed by atoms with E-state index in [4.69, 9.17) is 21.1 Å². The highest BCUT2D eigenvalue weighted by Gasteiger charge is 2.46. The Morgan fingerprint density at radius 1 is 1.14 bits per heavy atom. The molecule has 0 aliphatic rings. The first-order valence-corrected chi connectivity index (χ1v) is 9.55. The molecule has 0 bridgehead atoms. The molecule has 1 atom stereocenters. The van der Waals surface area contributed by atoms with E-state index in [9.17, 15) is 9.59 Å². The van der Waals surface area contributed by atoms with Crippen molar-refractivity contribution < 1.29 is 23.8 Å². The Balaban J connectivity index is 2.23. The predicted octanol–water partition coefficient (Wildman–Crippen LogP) is 4.02. The molecule has 1 unspecified atom stereocenters. The summed E-state index contributed by atoms with van der Waals surface area (Å²) in [6, 6.07) is 7.51. The Labute approximate surface area is 175 Å². The predicted molar refractivity (Wildman–Crippen MR) is 106 cm³/mol. The average Bonchev–Trinajstić information content (AvgIpc) is 3.12. The lowest BCUT2D eigenvalue weighted by Gasteiger charge is -2.43. The van der Waals surface area contributed by atoms with Gasteiger partial charge < -0.3 is 14.2 Å². The van der Waals surface area contributed by atoms with Crippen molar-refractivity contribution in [1.29, 1.82) is 0 Å². The van der Waals surface area contributed by atoms with Gasteiger partial charge in [0.1, 0.15) is 18.3 Å². The number of hydrogen-bond donors (Lipinski definition) is 0. The zero-order chi connectivity index (χ0) is 21.5. The Kier molecular flexibility index (Phi) is 7.61. The van der Waals surface area contributed by atoms with Crippen molar-refractivity contribution in [2.75, 3.05) is 6.79 Å². The molecule has 2 rings (SSSR count). The third-order valence-electron chi connectivity index (χ3n) is 4.70. The van der Waals surface area contributed by atoms with Crippen LogP contribution >= 0.6 is 11.6 Å². The SMILES string of the molecule is CC(=O)OCOC(=O)OC(CCc1ccc(Cl)cc1)(Cn1cncn1)C(C)(C)C. The molecule has 0 radical (unpaired) electrons. The number of hydrogen-bond acceptors (Lipinski definition) is 7. The molecule has 0 fully saturated rings. The Morgan fingerprint density at radius 2 is 1.83 bits per heavy atom. The van der Waals surface area contributed by atoms with Gasteiger partial charge in [-0.3, -0.25) is 4.79 Å². The van der Waals surface area contributed by atoms with Crippen molar-refractivity contribution in [1.82, 2.24) is 14.8 Å². The minimum Gasteiger partial charge on any atom is -0.428 e. The minimum absolute atomic E-state index is 0.284. The second-order valence-corrected chi connectivity index (χ2v) is 8.15. The highest BCUT2D eigenvalue weighted by Crippen LogP contribution is 2.39. The number of carbonyl (C=O) groups excluding carboxylic acids is 2. The molecule has 0 aliphatic heterocycles. The molecule has 158 valence electrons. The number of benzene rings is 1. The molecule has 0 saturated carbocycles. The maximum Gasteiger partial charge on any atom is 0.511 e. The number of halogens is 1. The molecule has 1 aromatic carbocycles. The zero-order valence-electron chi connectivity index (χ0n) is 17.1. The molecular formula is C20H26ClN3O5. The number of carbonyl (C=O) groups is 2. The molecule has 0 spiro atoms. The molecule has 9 heteroatoms. The molecule has 0 saturated heterocycles. The fourth-order valence-corrected chi connectivity index (χ4v) is 2.98. The van der Waals surface area contributed by atoms with Crippen LogP contribution in [-0.4, -0.2) is 39.3 Å². The van der Waals surface area contributed by atoms with Crippen LogP contribution in [0, 0.1) is 5.41 Å². The normalized spacial score (nSPS) is 13.4. The molecule has 0 aliphatic carbocycles. The van der Waals surface area contributed by atoms with E-state index in [0.717, 1.165) is 5.56 Å². The lowest BCUT2D eigenvalue weighted by atomic mass is 9.73. The summed E-state index contributed by atoms with van der Waals surface area (Å²) in [4.78, 5) is 27.2. The largest absolute Gasteiger partial charge is 0.511 e. The molecule has 1 heterocycles. The van der Waals surface area contributed by atoms with Gasteiger partial charge in [-0.25, -0.2) is 14.5 Å². The zero-order valence-corrected chi connectivity index (χ0v) is 17.8. The number of ether oxygens (including phenoxy) is 3. The van der Waals surface area contributed by atoms with E-state index in [0.29, 0.717) is 17.9 Å². The maximum atomic E-state index is 12.4. The summed E-state index contributed by atoms with van der Waals surface area (Å²) >= 11 is 5.97. The quantitative estimate of drug-likeness (QED) is 0.467. The number of esters is 1. The monoisotopic (exact) mass is 423 g/mol. The lowest BCUT2D eigenvalue weighted by Crippen LogP contribution is -2.51. The third-order valence-corrected chi connectivity index (χ3v) is 4.95. The van der Waals surface area contributed by atoms with Gasteiger partial charge >= 0.3 is 12.1 Å². The summed E-state index contributed by atoms with van der Waals surface area (Å²) in [5.74, 6) is -0.551. The fourth-order valence-electron chi connectivity index (χ4n) is 2.85. The number of aromatic nitrogens is 3. The molecule has 29 heavy (non-hydrogen) atoms. The second-order valence-electron chi connectivity index (χ2n) is 7.71. The van der Waals surface area contributed by atoms with E-state index in [1.165, 1.54) is 13.3 Å². The van der Waals surface area contributed by atoms with Crippen LogP contribution in [0.15, 0.2) is 36.9 Å². The average molecular weight is 424 g/mol. The van der Waals surface area contributed by atoms with Gasteiger partial charge in [0.05, 0.1) is 6.54 Å². The van der Waals surface area contributed by atoms with E-state index >= 15 is 0 Å². The highest BCUT2D eigenvalue weighted by molar-refractivity contribution is 6.30. The summed E-state index contributed by atoms with van der Waals surface area (Å²) in [6.07, 6.45) is 3.21. The van der Waals surface area contributed by atoms with Gasteiger partial charge in [-0.1, -0.05) is 44.5 Å². The van der Waals surface area contributed by atoms with Gasteiger partial charge in [0.15, 0.2) is 0 Å². The van der Waals surface area contributed by atoms with Crippen molar-refractivity contribution >= 4 is 23.7 Å². The van der Waals surface area contributed by atoms with Crippen molar-refractivity contribution in [3.05, 3.63) is 47.5 Å². The molecule has 8 nitrogen and oxygen atoms in total. The van der Waals surface area contributed by atoms with Crippen molar-refractivity contribution in [2.24, 2.45) is 5.41 Å². The van der Waals surface area contributed by atoms with E-state index < -0.39 is 29.9 Å². The molecule has 2 aromatic rings. The molecule has 1 aromatic heterocycles. The van der Waals surface area contributed by atoms with E-state index in [1.54, 1.807) is 11.0 Å². The van der Waals surface area contributed by atoms with Crippen LogP contribution in [0.4, 0.5) is 4.79 Å². The van der Waals surface area contributed by atoms with Gasteiger partial charge in [0.2, 0.25) is 6.79 Å². The van der Waals surface area contributed by atoms with Crippen LogP contribution < -0.4 is 0 Å². The van der Waals surface area contributed by atoms with Crippen molar-refractivity contribution in [3.8, 4) is 0 Å². The van der Waals surface area contributed by atoms with Crippen LogP contribution in [-0.2, 0) is 32.0 Å². The summed E-state index contributed by atoms with van der Waals surface area (Å²) in [5.41, 5.74) is -0.377.